The summed E-state index contributed by atoms with van der Waals surface area (Å²) in [4.78, 5) is 8.63. The summed E-state index contributed by atoms with van der Waals surface area (Å²) in [6.45, 7) is 7.65. The third-order valence-electron chi connectivity index (χ3n) is 6.29. The molecular formula is C21H25F3N6. The molecule has 30 heavy (non-hydrogen) atoms. The molecule has 2 aliphatic rings. The molecule has 0 radical (unpaired) electrons. The van der Waals surface area contributed by atoms with Gasteiger partial charge in [-0.3, -0.25) is 4.68 Å². The lowest BCUT2D eigenvalue weighted by Crippen LogP contribution is -2.46. The summed E-state index contributed by atoms with van der Waals surface area (Å²) in [6, 6.07) is 3.01. The molecule has 0 bridgehead atoms. The Morgan fingerprint density at radius 1 is 1.20 bits per heavy atom. The normalized spacial score (nSPS) is 20.8. The molecule has 0 spiro atoms. The second-order valence-electron chi connectivity index (χ2n) is 8.07. The third kappa shape index (κ3) is 3.76. The minimum absolute atomic E-state index is 0.0624. The highest BCUT2D eigenvalue weighted by atomic mass is 19.4. The number of aromatic nitrogens is 3. The van der Waals surface area contributed by atoms with Crippen molar-refractivity contribution in [3.05, 3.63) is 29.6 Å². The van der Waals surface area contributed by atoms with E-state index >= 15 is 0 Å². The van der Waals surface area contributed by atoms with Crippen LogP contribution in [0.3, 0.4) is 0 Å². The number of nitrogens with zero attached hydrogens (tertiary/aromatic N) is 6. The van der Waals surface area contributed by atoms with Crippen LogP contribution in [0.5, 0.6) is 0 Å². The van der Waals surface area contributed by atoms with Crippen molar-refractivity contribution in [2.24, 2.45) is 0 Å². The van der Waals surface area contributed by atoms with E-state index in [2.05, 4.69) is 21.9 Å². The predicted molar refractivity (Wildman–Crippen MR) is 107 cm³/mol. The van der Waals surface area contributed by atoms with Crippen molar-refractivity contribution >= 4 is 5.82 Å². The third-order valence-corrected chi connectivity index (χ3v) is 6.29. The number of anilines is 1. The molecule has 4 rings (SSSR count). The van der Waals surface area contributed by atoms with Crippen LogP contribution in [0.2, 0.25) is 0 Å². The average molecular weight is 418 g/mol. The highest BCUT2D eigenvalue weighted by Crippen LogP contribution is 2.40. The maximum absolute atomic E-state index is 13.7. The van der Waals surface area contributed by atoms with Gasteiger partial charge in [0.05, 0.1) is 23.5 Å². The van der Waals surface area contributed by atoms with Crippen molar-refractivity contribution in [3.63, 3.8) is 0 Å². The van der Waals surface area contributed by atoms with Gasteiger partial charge in [-0.15, -0.1) is 0 Å². The molecule has 2 fully saturated rings. The van der Waals surface area contributed by atoms with E-state index in [-0.39, 0.29) is 23.6 Å². The summed E-state index contributed by atoms with van der Waals surface area (Å²) in [5.41, 5.74) is -0.602. The van der Waals surface area contributed by atoms with Gasteiger partial charge in [0, 0.05) is 37.4 Å². The summed E-state index contributed by atoms with van der Waals surface area (Å²) in [5.74, 6) is 0.116. The first-order valence-electron chi connectivity index (χ1n) is 10.4. The summed E-state index contributed by atoms with van der Waals surface area (Å²) in [7, 11) is 0. The molecule has 0 N–H and O–H groups in total. The summed E-state index contributed by atoms with van der Waals surface area (Å²) < 4.78 is 43.1. The number of pyridine rings is 1. The van der Waals surface area contributed by atoms with E-state index in [0.29, 0.717) is 12.1 Å². The molecule has 0 amide bonds. The zero-order chi connectivity index (χ0) is 21.5. The number of alkyl halides is 3. The Morgan fingerprint density at radius 2 is 1.93 bits per heavy atom. The number of halogens is 3. The van der Waals surface area contributed by atoms with Gasteiger partial charge >= 0.3 is 6.18 Å². The van der Waals surface area contributed by atoms with E-state index < -0.39 is 17.3 Å². The second kappa shape index (κ2) is 7.91. The minimum Gasteiger partial charge on any atom is -0.353 e. The maximum Gasteiger partial charge on any atom is 0.417 e. The number of rotatable bonds is 4. The van der Waals surface area contributed by atoms with E-state index in [0.717, 1.165) is 45.0 Å². The van der Waals surface area contributed by atoms with Gasteiger partial charge in [-0.2, -0.15) is 23.5 Å². The zero-order valence-electron chi connectivity index (χ0n) is 17.2. The fourth-order valence-electron chi connectivity index (χ4n) is 4.22. The van der Waals surface area contributed by atoms with Crippen molar-refractivity contribution < 1.29 is 13.2 Å². The van der Waals surface area contributed by atoms with E-state index in [4.69, 9.17) is 0 Å². The topological polar surface area (TPSA) is 61.0 Å². The zero-order valence-corrected chi connectivity index (χ0v) is 17.2. The van der Waals surface area contributed by atoms with E-state index in [9.17, 15) is 18.4 Å². The predicted octanol–water partition coefficient (Wildman–Crippen LogP) is 4.09. The molecule has 2 aliphatic heterocycles. The van der Waals surface area contributed by atoms with Crippen molar-refractivity contribution in [1.29, 1.82) is 5.26 Å². The van der Waals surface area contributed by atoms with Gasteiger partial charge in [-0.1, -0.05) is 6.92 Å². The first kappa shape index (κ1) is 20.7. The van der Waals surface area contributed by atoms with Gasteiger partial charge in [0.15, 0.2) is 0 Å². The van der Waals surface area contributed by atoms with Crippen molar-refractivity contribution in [2.45, 2.75) is 51.4 Å². The van der Waals surface area contributed by atoms with Gasteiger partial charge in [-0.25, -0.2) is 4.98 Å². The van der Waals surface area contributed by atoms with E-state index in [1.807, 2.05) is 11.6 Å². The van der Waals surface area contributed by atoms with Crippen molar-refractivity contribution in [1.82, 2.24) is 19.7 Å². The fourth-order valence-corrected chi connectivity index (χ4v) is 4.22. The Balaban J connectivity index is 1.70. The Kier molecular flexibility index (Phi) is 5.45. The molecule has 6 nitrogen and oxygen atoms in total. The van der Waals surface area contributed by atoms with Crippen LogP contribution < -0.4 is 4.90 Å². The van der Waals surface area contributed by atoms with Crippen LogP contribution in [-0.2, 0) is 6.18 Å². The number of hydrogen-bond acceptors (Lipinski definition) is 5. The number of nitriles is 1. The van der Waals surface area contributed by atoms with Crippen molar-refractivity contribution in [3.8, 4) is 17.3 Å². The number of piperidine rings is 1. The molecule has 0 aliphatic carbocycles. The van der Waals surface area contributed by atoms with Gasteiger partial charge in [-0.05, 0) is 38.8 Å². The largest absolute Gasteiger partial charge is 0.417 e. The highest BCUT2D eigenvalue weighted by Gasteiger charge is 2.38. The maximum atomic E-state index is 13.7. The SMILES string of the molecule is CCN1CCC(n2cc(-c3cc(C(F)(F)F)c(C#N)c(N4CC[C@@H]4C)n3)cn2)CC1. The Hall–Kier alpha value is -2.60. The van der Waals surface area contributed by atoms with E-state index in [1.165, 1.54) is 0 Å². The molecular weight excluding hydrogens is 393 g/mol. The Labute approximate surface area is 173 Å². The number of hydrogen-bond donors (Lipinski definition) is 0. The second-order valence-corrected chi connectivity index (χ2v) is 8.07. The molecule has 4 heterocycles. The summed E-state index contributed by atoms with van der Waals surface area (Å²) in [5, 5.41) is 13.9. The molecule has 0 aromatic carbocycles. The van der Waals surface area contributed by atoms with Crippen LogP contribution >= 0.6 is 0 Å². The molecule has 2 saturated heterocycles. The first-order valence-corrected chi connectivity index (χ1v) is 10.4. The minimum atomic E-state index is -4.63. The molecule has 2 aromatic heterocycles. The van der Waals surface area contributed by atoms with Crippen LogP contribution in [0.15, 0.2) is 18.5 Å². The van der Waals surface area contributed by atoms with Gasteiger partial charge in [0.2, 0.25) is 0 Å². The van der Waals surface area contributed by atoms with Crippen LogP contribution in [0.4, 0.5) is 19.0 Å². The lowest BCUT2D eigenvalue weighted by atomic mass is 10.0. The lowest BCUT2D eigenvalue weighted by molar-refractivity contribution is -0.137. The molecule has 1 atom stereocenters. The fraction of sp³-hybridized carbons (Fsp3) is 0.571. The molecule has 0 saturated carbocycles. The molecule has 9 heteroatoms. The molecule has 2 aromatic rings. The van der Waals surface area contributed by atoms with Crippen LogP contribution in [0, 0.1) is 11.3 Å². The van der Waals surface area contributed by atoms with Crippen molar-refractivity contribution in [2.75, 3.05) is 31.1 Å². The lowest BCUT2D eigenvalue weighted by Gasteiger charge is -2.40. The van der Waals surface area contributed by atoms with Crippen LogP contribution in [0.1, 0.15) is 50.3 Å². The van der Waals surface area contributed by atoms with Crippen LogP contribution in [-0.4, -0.2) is 51.9 Å². The van der Waals surface area contributed by atoms with Gasteiger partial charge in [0.1, 0.15) is 17.5 Å². The van der Waals surface area contributed by atoms with Gasteiger partial charge in [0.25, 0.3) is 0 Å². The monoisotopic (exact) mass is 418 g/mol. The molecule has 160 valence electrons. The van der Waals surface area contributed by atoms with E-state index in [1.54, 1.807) is 23.4 Å². The number of likely N-dealkylation sites (tertiary alicyclic amines) is 1. The molecule has 0 unspecified atom stereocenters. The summed E-state index contributed by atoms with van der Waals surface area (Å²) in [6.07, 6.45) is 1.51. The Morgan fingerprint density at radius 3 is 2.47 bits per heavy atom. The highest BCUT2D eigenvalue weighted by molar-refractivity contribution is 5.68. The van der Waals surface area contributed by atoms with Crippen LogP contribution in [0.25, 0.3) is 11.3 Å². The smallest absolute Gasteiger partial charge is 0.353 e. The summed E-state index contributed by atoms with van der Waals surface area (Å²) >= 11 is 0. The quantitative estimate of drug-likeness (QED) is 0.749. The standard InChI is InChI=1S/C21H25F3N6/c1-3-28-7-5-16(6-8-28)30-13-15(12-26-30)19-10-18(21(22,23)24)17(11-25)20(27-19)29-9-4-14(29)2/h10,12-14,16H,3-9H2,1-2H3/t14-/m0/s1. The first-order chi connectivity index (χ1) is 14.3. The Bertz CT molecular complexity index is 953. The van der Waals surface area contributed by atoms with Gasteiger partial charge < -0.3 is 9.80 Å². The average Bonchev–Trinajstić information content (AvgIpc) is 3.21.